The lowest BCUT2D eigenvalue weighted by atomic mass is 10.0. The van der Waals surface area contributed by atoms with Gasteiger partial charge in [-0.05, 0) is 52.1 Å². The van der Waals surface area contributed by atoms with E-state index in [9.17, 15) is 0 Å². The van der Waals surface area contributed by atoms with Crippen LogP contribution in [-0.2, 0) is 6.54 Å². The second kappa shape index (κ2) is 6.77. The predicted molar refractivity (Wildman–Crippen MR) is 91.8 cm³/mol. The highest BCUT2D eigenvalue weighted by Gasteiger charge is 2.09. The maximum Gasteiger partial charge on any atom is 0.0485 e. The van der Waals surface area contributed by atoms with E-state index in [-0.39, 0.29) is 0 Å². The first-order valence-electron chi connectivity index (χ1n) is 7.53. The van der Waals surface area contributed by atoms with Crippen LogP contribution < -0.4 is 5.32 Å². The third-order valence-electron chi connectivity index (χ3n) is 3.62. The van der Waals surface area contributed by atoms with Crippen LogP contribution in [0.1, 0.15) is 35.2 Å². The Morgan fingerprint density at radius 1 is 1.00 bits per heavy atom. The molecular weight excluding hydrogens is 256 g/mol. The molecule has 2 aromatic rings. The summed E-state index contributed by atoms with van der Waals surface area (Å²) >= 11 is 0. The van der Waals surface area contributed by atoms with Crippen molar-refractivity contribution in [2.24, 2.45) is 0 Å². The summed E-state index contributed by atoms with van der Waals surface area (Å²) in [5.74, 6) is 0. The first-order valence-corrected chi connectivity index (χ1v) is 7.53. The molecule has 2 heteroatoms. The zero-order valence-corrected chi connectivity index (χ0v) is 13.8. The first-order chi connectivity index (χ1) is 9.95. The van der Waals surface area contributed by atoms with Crippen molar-refractivity contribution < 1.29 is 0 Å². The van der Waals surface area contributed by atoms with Gasteiger partial charge in [-0.25, -0.2) is 0 Å². The first kappa shape index (κ1) is 15.6. The Bertz CT molecular complexity index is 582. The number of benzene rings is 2. The smallest absolute Gasteiger partial charge is 0.0485 e. The molecule has 2 nitrogen and oxygen atoms in total. The van der Waals surface area contributed by atoms with Gasteiger partial charge in [0, 0.05) is 18.3 Å². The number of anilines is 1. The molecule has 0 spiro atoms. The highest BCUT2D eigenvalue weighted by molar-refractivity contribution is 5.52. The van der Waals surface area contributed by atoms with Gasteiger partial charge in [0.2, 0.25) is 0 Å². The molecule has 0 saturated heterocycles. The van der Waals surface area contributed by atoms with E-state index in [0.717, 1.165) is 6.54 Å². The molecule has 0 aliphatic rings. The summed E-state index contributed by atoms with van der Waals surface area (Å²) in [7, 11) is 4.20. The zero-order valence-electron chi connectivity index (χ0n) is 13.8. The largest absolute Gasteiger partial charge is 0.378 e. The lowest BCUT2D eigenvalue weighted by Crippen LogP contribution is -2.14. The Hall–Kier alpha value is -1.80. The topological polar surface area (TPSA) is 15.3 Å². The molecule has 0 amide bonds. The van der Waals surface area contributed by atoms with E-state index in [1.165, 1.54) is 27.9 Å². The van der Waals surface area contributed by atoms with E-state index in [4.69, 9.17) is 0 Å². The van der Waals surface area contributed by atoms with Crippen molar-refractivity contribution >= 4 is 5.69 Å². The molecule has 1 unspecified atom stereocenters. The van der Waals surface area contributed by atoms with E-state index in [1.807, 2.05) is 0 Å². The van der Waals surface area contributed by atoms with Crippen LogP contribution in [0.3, 0.4) is 0 Å². The number of para-hydroxylation sites is 1. The Morgan fingerprint density at radius 3 is 2.24 bits per heavy atom. The number of hydrogen-bond donors (Lipinski definition) is 1. The van der Waals surface area contributed by atoms with Gasteiger partial charge in [0.05, 0.1) is 0 Å². The lowest BCUT2D eigenvalue weighted by molar-refractivity contribution is 0.403. The molecule has 1 N–H and O–H groups in total. The minimum atomic E-state index is 0.298. The van der Waals surface area contributed by atoms with E-state index in [1.54, 1.807) is 0 Å². The molecule has 2 rings (SSSR count). The number of nitrogens with one attached hydrogen (secondary N) is 1. The van der Waals surface area contributed by atoms with Gasteiger partial charge in [-0.1, -0.05) is 47.5 Å². The van der Waals surface area contributed by atoms with Crippen molar-refractivity contribution in [3.05, 3.63) is 64.7 Å². The molecule has 112 valence electrons. The van der Waals surface area contributed by atoms with Gasteiger partial charge in [-0.2, -0.15) is 0 Å². The fraction of sp³-hybridized carbons (Fsp3) is 0.368. The van der Waals surface area contributed by atoms with E-state index < -0.39 is 0 Å². The molecule has 0 aromatic heterocycles. The van der Waals surface area contributed by atoms with E-state index in [2.05, 4.69) is 87.5 Å². The Kier molecular flexibility index (Phi) is 5.03. The SMILES string of the molecule is Cc1cc(C)cc(C(C)Nc2ccccc2CN(C)C)c1. The van der Waals surface area contributed by atoms with Gasteiger partial charge in [-0.15, -0.1) is 0 Å². The molecule has 21 heavy (non-hydrogen) atoms. The lowest BCUT2D eigenvalue weighted by Gasteiger charge is -2.21. The minimum Gasteiger partial charge on any atom is -0.378 e. The normalized spacial score (nSPS) is 12.5. The highest BCUT2D eigenvalue weighted by atomic mass is 15.1. The Balaban J connectivity index is 2.21. The van der Waals surface area contributed by atoms with Crippen molar-refractivity contribution in [3.8, 4) is 0 Å². The summed E-state index contributed by atoms with van der Waals surface area (Å²) in [6.07, 6.45) is 0. The van der Waals surface area contributed by atoms with Crippen molar-refractivity contribution in [2.45, 2.75) is 33.4 Å². The average molecular weight is 282 g/mol. The van der Waals surface area contributed by atoms with E-state index >= 15 is 0 Å². The van der Waals surface area contributed by atoms with Gasteiger partial charge >= 0.3 is 0 Å². The van der Waals surface area contributed by atoms with Crippen molar-refractivity contribution in [1.82, 2.24) is 4.90 Å². The van der Waals surface area contributed by atoms with Crippen LogP contribution in [0.4, 0.5) is 5.69 Å². The molecule has 0 fully saturated rings. The highest BCUT2D eigenvalue weighted by Crippen LogP contribution is 2.24. The summed E-state index contributed by atoms with van der Waals surface area (Å²) in [6, 6.07) is 15.6. The third kappa shape index (κ3) is 4.33. The Morgan fingerprint density at radius 2 is 1.62 bits per heavy atom. The number of aryl methyl sites for hydroxylation is 2. The summed E-state index contributed by atoms with van der Waals surface area (Å²) in [6.45, 7) is 7.48. The fourth-order valence-electron chi connectivity index (χ4n) is 2.72. The zero-order chi connectivity index (χ0) is 15.4. The summed E-state index contributed by atoms with van der Waals surface area (Å²) in [5.41, 5.74) is 6.53. The van der Waals surface area contributed by atoms with Crippen LogP contribution in [0, 0.1) is 13.8 Å². The second-order valence-electron chi connectivity index (χ2n) is 6.18. The summed E-state index contributed by atoms with van der Waals surface area (Å²) in [5, 5.41) is 3.66. The molecular formula is C19H26N2. The monoisotopic (exact) mass is 282 g/mol. The van der Waals surface area contributed by atoms with Crippen LogP contribution in [-0.4, -0.2) is 19.0 Å². The van der Waals surface area contributed by atoms with Crippen LogP contribution in [0.15, 0.2) is 42.5 Å². The van der Waals surface area contributed by atoms with Crippen LogP contribution in [0.2, 0.25) is 0 Å². The molecule has 1 atom stereocenters. The number of hydrogen-bond acceptors (Lipinski definition) is 2. The van der Waals surface area contributed by atoms with Crippen molar-refractivity contribution in [2.75, 3.05) is 19.4 Å². The predicted octanol–water partition coefficient (Wildman–Crippen LogP) is 4.54. The van der Waals surface area contributed by atoms with Gasteiger partial charge in [0.25, 0.3) is 0 Å². The fourth-order valence-corrected chi connectivity index (χ4v) is 2.72. The van der Waals surface area contributed by atoms with Crippen molar-refractivity contribution in [3.63, 3.8) is 0 Å². The van der Waals surface area contributed by atoms with Gasteiger partial charge < -0.3 is 10.2 Å². The van der Waals surface area contributed by atoms with Gasteiger partial charge in [0.1, 0.15) is 0 Å². The Labute approximate surface area is 128 Å². The standard InChI is InChI=1S/C19H26N2/c1-14-10-15(2)12-18(11-14)16(3)20-19-9-7-6-8-17(19)13-21(4)5/h6-12,16,20H,13H2,1-5H3. The van der Waals surface area contributed by atoms with Gasteiger partial charge in [-0.3, -0.25) is 0 Å². The summed E-state index contributed by atoms with van der Waals surface area (Å²) in [4.78, 5) is 2.20. The maximum atomic E-state index is 3.66. The quantitative estimate of drug-likeness (QED) is 0.866. The molecule has 0 saturated carbocycles. The van der Waals surface area contributed by atoms with Crippen LogP contribution in [0.25, 0.3) is 0 Å². The summed E-state index contributed by atoms with van der Waals surface area (Å²) < 4.78 is 0. The number of nitrogens with zero attached hydrogens (tertiary/aromatic N) is 1. The molecule has 0 bridgehead atoms. The third-order valence-corrected chi connectivity index (χ3v) is 3.62. The van der Waals surface area contributed by atoms with Crippen molar-refractivity contribution in [1.29, 1.82) is 0 Å². The minimum absolute atomic E-state index is 0.298. The van der Waals surface area contributed by atoms with Gasteiger partial charge in [0.15, 0.2) is 0 Å². The molecule has 2 aromatic carbocycles. The molecule has 0 radical (unpaired) electrons. The number of rotatable bonds is 5. The average Bonchev–Trinajstić information content (AvgIpc) is 2.39. The molecule has 0 aliphatic heterocycles. The second-order valence-corrected chi connectivity index (χ2v) is 6.18. The van der Waals surface area contributed by atoms with Crippen LogP contribution in [0.5, 0.6) is 0 Å². The van der Waals surface area contributed by atoms with E-state index in [0.29, 0.717) is 6.04 Å². The van der Waals surface area contributed by atoms with Crippen LogP contribution >= 0.6 is 0 Å². The molecule has 0 heterocycles. The maximum absolute atomic E-state index is 3.66. The molecule has 0 aliphatic carbocycles.